The van der Waals surface area contributed by atoms with Crippen LogP contribution < -0.4 is 5.63 Å². The highest BCUT2D eigenvalue weighted by Gasteiger charge is 2.06. The van der Waals surface area contributed by atoms with Crippen molar-refractivity contribution >= 4 is 27.3 Å². The fraction of sp³-hybridized carbons (Fsp3) is 0. The Balaban J connectivity index is 2.79. The second-order valence-corrected chi connectivity index (χ2v) is 3.64. The van der Waals surface area contributed by atoms with Crippen molar-refractivity contribution < 1.29 is 4.42 Å². The van der Waals surface area contributed by atoms with Gasteiger partial charge < -0.3 is 4.42 Å². The summed E-state index contributed by atoms with van der Waals surface area (Å²) < 4.78 is 6.96. The molecular formula is C9H5NO2S. The number of thiophene rings is 1. The van der Waals surface area contributed by atoms with Gasteiger partial charge in [0, 0.05) is 12.3 Å². The molecule has 0 unspecified atom stereocenters. The number of hydrogen-bond acceptors (Lipinski definition) is 3. The topological polar surface area (TPSA) is 34.6 Å². The summed E-state index contributed by atoms with van der Waals surface area (Å²) in [7, 11) is 0. The zero-order valence-electron chi connectivity index (χ0n) is 6.56. The Morgan fingerprint density at radius 3 is 3.23 bits per heavy atom. The Morgan fingerprint density at radius 2 is 2.31 bits per heavy atom. The normalized spacial score (nSPS) is 11.4. The largest absolute Gasteiger partial charge is 0.405 e. The maximum absolute atomic E-state index is 11.4. The molecule has 0 bridgehead atoms. The Bertz CT molecular complexity index is 631. The van der Waals surface area contributed by atoms with E-state index in [9.17, 15) is 4.79 Å². The fourth-order valence-corrected chi connectivity index (χ4v) is 2.29. The van der Waals surface area contributed by atoms with Crippen molar-refractivity contribution in [3.05, 3.63) is 40.2 Å². The smallest absolute Gasteiger partial charge is 0.347 e. The molecule has 3 heterocycles. The van der Waals surface area contributed by atoms with Gasteiger partial charge in [0.2, 0.25) is 5.71 Å². The highest BCUT2D eigenvalue weighted by Crippen LogP contribution is 2.19. The van der Waals surface area contributed by atoms with E-state index in [2.05, 4.69) is 0 Å². The minimum atomic E-state index is -0.262. The lowest BCUT2D eigenvalue weighted by molar-refractivity contribution is 0.549. The van der Waals surface area contributed by atoms with Gasteiger partial charge in [-0.3, -0.25) is 4.40 Å². The third-order valence-electron chi connectivity index (χ3n) is 1.99. The highest BCUT2D eigenvalue weighted by molar-refractivity contribution is 7.16. The Morgan fingerprint density at radius 1 is 1.38 bits per heavy atom. The summed E-state index contributed by atoms with van der Waals surface area (Å²) in [5, 5.41) is 2.54. The van der Waals surface area contributed by atoms with E-state index in [-0.39, 0.29) is 5.63 Å². The molecule has 0 aliphatic carbocycles. The molecule has 0 atom stereocenters. The average Bonchev–Trinajstić information content (AvgIpc) is 2.66. The van der Waals surface area contributed by atoms with Gasteiger partial charge in [0.15, 0.2) is 0 Å². The number of rotatable bonds is 0. The minimum Gasteiger partial charge on any atom is -0.405 e. The second-order valence-electron chi connectivity index (χ2n) is 2.75. The van der Waals surface area contributed by atoms with Crippen LogP contribution >= 0.6 is 11.3 Å². The third-order valence-corrected chi connectivity index (χ3v) is 2.90. The van der Waals surface area contributed by atoms with Crippen molar-refractivity contribution in [3.63, 3.8) is 0 Å². The first-order valence-electron chi connectivity index (χ1n) is 3.83. The van der Waals surface area contributed by atoms with E-state index in [1.54, 1.807) is 12.1 Å². The summed E-state index contributed by atoms with van der Waals surface area (Å²) in [5.41, 5.74) is 0.336. The molecule has 0 fully saturated rings. The van der Waals surface area contributed by atoms with E-state index in [0.717, 1.165) is 4.83 Å². The van der Waals surface area contributed by atoms with Crippen LogP contribution in [0, 0.1) is 0 Å². The molecule has 0 aliphatic rings. The molecule has 0 aromatic carbocycles. The van der Waals surface area contributed by atoms with Gasteiger partial charge in [0.05, 0.1) is 5.39 Å². The van der Waals surface area contributed by atoms with Gasteiger partial charge in [-0.1, -0.05) is 0 Å². The van der Waals surface area contributed by atoms with Gasteiger partial charge >= 0.3 is 5.63 Å². The van der Waals surface area contributed by atoms with Crippen LogP contribution in [-0.4, -0.2) is 4.40 Å². The fourth-order valence-electron chi connectivity index (χ4n) is 1.41. The van der Waals surface area contributed by atoms with Crippen molar-refractivity contribution in [2.24, 2.45) is 0 Å². The van der Waals surface area contributed by atoms with Crippen LogP contribution in [0.5, 0.6) is 0 Å². The van der Waals surface area contributed by atoms with Crippen LogP contribution in [-0.2, 0) is 0 Å². The standard InChI is InChI=1S/C9H5NO2S/c11-9-6-3-5-13-8(6)10-4-1-2-7(10)12-9/h1-5H. The lowest BCUT2D eigenvalue weighted by Gasteiger charge is -1.93. The first-order chi connectivity index (χ1) is 6.36. The van der Waals surface area contributed by atoms with Gasteiger partial charge in [-0.2, -0.15) is 0 Å². The summed E-state index contributed by atoms with van der Waals surface area (Å²) in [6.07, 6.45) is 1.89. The van der Waals surface area contributed by atoms with Crippen LogP contribution in [0.1, 0.15) is 0 Å². The van der Waals surface area contributed by atoms with Crippen molar-refractivity contribution in [2.75, 3.05) is 0 Å². The lowest BCUT2D eigenvalue weighted by Crippen LogP contribution is -1.99. The molecule has 0 radical (unpaired) electrons. The molecule has 3 aromatic heterocycles. The van der Waals surface area contributed by atoms with E-state index < -0.39 is 0 Å². The maximum Gasteiger partial charge on any atom is 0.347 e. The van der Waals surface area contributed by atoms with Gasteiger partial charge in [-0.25, -0.2) is 4.79 Å². The zero-order valence-corrected chi connectivity index (χ0v) is 7.38. The highest BCUT2D eigenvalue weighted by atomic mass is 32.1. The van der Waals surface area contributed by atoms with Gasteiger partial charge in [0.1, 0.15) is 4.83 Å². The van der Waals surface area contributed by atoms with E-state index in [0.29, 0.717) is 11.1 Å². The number of fused-ring (bicyclic) bond motifs is 3. The van der Waals surface area contributed by atoms with Crippen molar-refractivity contribution in [1.29, 1.82) is 0 Å². The first-order valence-corrected chi connectivity index (χ1v) is 4.71. The summed E-state index contributed by atoms with van der Waals surface area (Å²) in [6, 6.07) is 5.42. The molecule has 0 aliphatic heterocycles. The molecule has 3 aromatic rings. The van der Waals surface area contributed by atoms with E-state index in [1.165, 1.54) is 11.3 Å². The third kappa shape index (κ3) is 0.805. The molecule has 0 spiro atoms. The molecule has 0 saturated carbocycles. The Hall–Kier alpha value is -1.55. The summed E-state index contributed by atoms with van der Waals surface area (Å²) >= 11 is 1.54. The van der Waals surface area contributed by atoms with Gasteiger partial charge in [-0.15, -0.1) is 11.3 Å². The molecule has 3 rings (SSSR count). The predicted molar refractivity (Wildman–Crippen MR) is 51.3 cm³/mol. The number of nitrogens with zero attached hydrogens (tertiary/aromatic N) is 1. The maximum atomic E-state index is 11.4. The van der Waals surface area contributed by atoms with Crippen molar-refractivity contribution in [3.8, 4) is 0 Å². The molecule has 13 heavy (non-hydrogen) atoms. The Labute approximate surface area is 76.8 Å². The molecule has 0 saturated heterocycles. The first kappa shape index (κ1) is 6.91. The van der Waals surface area contributed by atoms with Crippen LogP contribution in [0.15, 0.2) is 39.0 Å². The van der Waals surface area contributed by atoms with E-state index in [1.807, 2.05) is 22.0 Å². The molecule has 0 N–H and O–H groups in total. The van der Waals surface area contributed by atoms with Crippen LogP contribution in [0.3, 0.4) is 0 Å². The Kier molecular flexibility index (Phi) is 1.19. The van der Waals surface area contributed by atoms with Crippen molar-refractivity contribution in [2.45, 2.75) is 0 Å². The average molecular weight is 191 g/mol. The van der Waals surface area contributed by atoms with Crippen LogP contribution in [0.4, 0.5) is 0 Å². The van der Waals surface area contributed by atoms with E-state index >= 15 is 0 Å². The minimum absolute atomic E-state index is 0.262. The summed E-state index contributed by atoms with van der Waals surface area (Å²) in [5.74, 6) is 0. The number of aromatic nitrogens is 1. The quantitative estimate of drug-likeness (QED) is 0.545. The second kappa shape index (κ2) is 2.23. The molecule has 64 valence electrons. The van der Waals surface area contributed by atoms with Gasteiger partial charge in [0.25, 0.3) is 0 Å². The molecular weight excluding hydrogens is 186 g/mol. The van der Waals surface area contributed by atoms with Crippen LogP contribution in [0.2, 0.25) is 0 Å². The van der Waals surface area contributed by atoms with E-state index in [4.69, 9.17) is 4.42 Å². The molecule has 4 heteroatoms. The predicted octanol–water partition coefficient (Wildman–Crippen LogP) is 2.11. The van der Waals surface area contributed by atoms with Crippen LogP contribution in [0.25, 0.3) is 15.9 Å². The summed E-state index contributed by atoms with van der Waals surface area (Å²) in [6.45, 7) is 0. The SMILES string of the molecule is O=c1oc2cccn2c2sccc12. The molecule has 0 amide bonds. The summed E-state index contributed by atoms with van der Waals surface area (Å²) in [4.78, 5) is 12.3. The monoisotopic (exact) mass is 191 g/mol. The zero-order chi connectivity index (χ0) is 8.84. The van der Waals surface area contributed by atoms with Gasteiger partial charge in [-0.05, 0) is 17.5 Å². The molecule has 3 nitrogen and oxygen atoms in total. The number of hydrogen-bond donors (Lipinski definition) is 0. The van der Waals surface area contributed by atoms with Crippen molar-refractivity contribution in [1.82, 2.24) is 4.40 Å². The lowest BCUT2D eigenvalue weighted by atomic mass is 10.4.